The van der Waals surface area contributed by atoms with Crippen LogP contribution in [0.15, 0.2) is 24.3 Å². The van der Waals surface area contributed by atoms with Crippen LogP contribution in [0, 0.1) is 0 Å². The van der Waals surface area contributed by atoms with Crippen molar-refractivity contribution in [2.24, 2.45) is 0 Å². The second-order valence-corrected chi connectivity index (χ2v) is 6.48. The quantitative estimate of drug-likeness (QED) is 0.783. The largest absolute Gasteiger partial charge is 0.483 e. The molecule has 0 radical (unpaired) electrons. The molecule has 0 spiro atoms. The fraction of sp³-hybridized carbons (Fsp3) is 0.579. The van der Waals surface area contributed by atoms with E-state index in [1.165, 1.54) is 4.90 Å². The number of rotatable bonds is 8. The van der Waals surface area contributed by atoms with Crippen molar-refractivity contribution in [2.45, 2.75) is 44.8 Å². The van der Waals surface area contributed by atoms with E-state index in [9.17, 15) is 9.59 Å². The summed E-state index contributed by atoms with van der Waals surface area (Å²) in [6.07, 6.45) is 3.11. The van der Waals surface area contributed by atoms with Gasteiger partial charge in [0.05, 0.1) is 18.6 Å². The van der Waals surface area contributed by atoms with Gasteiger partial charge in [-0.3, -0.25) is 9.59 Å². The number of para-hydroxylation sites is 1. The summed E-state index contributed by atoms with van der Waals surface area (Å²) in [5, 5.41) is 3.07. The fourth-order valence-corrected chi connectivity index (χ4v) is 2.83. The maximum absolute atomic E-state index is 12.3. The van der Waals surface area contributed by atoms with Gasteiger partial charge in [-0.2, -0.15) is 0 Å². The molecule has 1 saturated heterocycles. The maximum atomic E-state index is 12.3. The predicted octanol–water partition coefficient (Wildman–Crippen LogP) is 2.29. The Hall–Kier alpha value is -2.08. The third-order valence-corrected chi connectivity index (χ3v) is 4.32. The van der Waals surface area contributed by atoms with Crippen LogP contribution in [0.3, 0.4) is 0 Å². The summed E-state index contributed by atoms with van der Waals surface area (Å²) in [5.41, 5.74) is 0.886. The first kappa shape index (κ1) is 19.2. The molecule has 0 saturated carbocycles. The van der Waals surface area contributed by atoms with E-state index >= 15 is 0 Å². The van der Waals surface area contributed by atoms with E-state index in [1.54, 1.807) is 14.1 Å². The second kappa shape index (κ2) is 9.42. The minimum absolute atomic E-state index is 0.0158. The molecule has 1 heterocycles. The summed E-state index contributed by atoms with van der Waals surface area (Å²) >= 11 is 0. The summed E-state index contributed by atoms with van der Waals surface area (Å²) in [7, 11) is 3.38. The van der Waals surface area contributed by atoms with Gasteiger partial charge in [0.2, 0.25) is 5.91 Å². The molecule has 6 nitrogen and oxygen atoms in total. The van der Waals surface area contributed by atoms with Crippen LogP contribution in [0.4, 0.5) is 0 Å². The van der Waals surface area contributed by atoms with E-state index in [1.807, 2.05) is 31.2 Å². The molecule has 2 amide bonds. The molecule has 1 fully saturated rings. The highest BCUT2D eigenvalue weighted by molar-refractivity contribution is 5.78. The van der Waals surface area contributed by atoms with E-state index in [2.05, 4.69) is 5.32 Å². The summed E-state index contributed by atoms with van der Waals surface area (Å²) < 4.78 is 11.2. The van der Waals surface area contributed by atoms with Crippen LogP contribution in [0.1, 0.15) is 44.2 Å². The average Bonchev–Trinajstić information content (AvgIpc) is 3.10. The van der Waals surface area contributed by atoms with Crippen molar-refractivity contribution in [3.63, 3.8) is 0 Å². The molecule has 2 atom stereocenters. The van der Waals surface area contributed by atoms with Gasteiger partial charge in [-0.1, -0.05) is 25.1 Å². The minimum atomic E-state index is -0.153. The van der Waals surface area contributed by atoms with E-state index in [4.69, 9.17) is 9.47 Å². The molecule has 1 aliphatic heterocycles. The Bertz CT molecular complexity index is 583. The molecule has 0 unspecified atom stereocenters. The van der Waals surface area contributed by atoms with Gasteiger partial charge in [-0.15, -0.1) is 0 Å². The van der Waals surface area contributed by atoms with Crippen LogP contribution in [0.2, 0.25) is 0 Å². The van der Waals surface area contributed by atoms with Gasteiger partial charge >= 0.3 is 0 Å². The Balaban J connectivity index is 2.01. The zero-order valence-corrected chi connectivity index (χ0v) is 15.3. The van der Waals surface area contributed by atoms with E-state index in [0.717, 1.165) is 31.4 Å². The molecular formula is C19H28N2O4. The second-order valence-electron chi connectivity index (χ2n) is 6.48. The van der Waals surface area contributed by atoms with Gasteiger partial charge in [0.1, 0.15) is 5.75 Å². The van der Waals surface area contributed by atoms with Crippen LogP contribution in [-0.2, 0) is 14.3 Å². The van der Waals surface area contributed by atoms with Crippen LogP contribution in [0.5, 0.6) is 5.75 Å². The fourth-order valence-electron chi connectivity index (χ4n) is 2.83. The van der Waals surface area contributed by atoms with Gasteiger partial charge in [0.25, 0.3) is 5.91 Å². The minimum Gasteiger partial charge on any atom is -0.483 e. The van der Waals surface area contributed by atoms with E-state index < -0.39 is 0 Å². The molecule has 138 valence electrons. The van der Waals surface area contributed by atoms with E-state index in [0.29, 0.717) is 12.2 Å². The Kier molecular flexibility index (Phi) is 7.25. The first-order valence-corrected chi connectivity index (χ1v) is 8.84. The maximum Gasteiger partial charge on any atom is 0.259 e. The normalized spacial score (nSPS) is 17.8. The van der Waals surface area contributed by atoms with Crippen LogP contribution in [0.25, 0.3) is 0 Å². The molecule has 1 aliphatic rings. The lowest BCUT2D eigenvalue weighted by atomic mass is 10.0. The van der Waals surface area contributed by atoms with Crippen molar-refractivity contribution in [3.05, 3.63) is 29.8 Å². The number of carbonyl (C=O) groups is 2. The highest BCUT2D eigenvalue weighted by atomic mass is 16.5. The third-order valence-electron chi connectivity index (χ3n) is 4.32. The zero-order valence-electron chi connectivity index (χ0n) is 15.3. The number of hydrogen-bond acceptors (Lipinski definition) is 4. The number of ether oxygens (including phenoxy) is 2. The number of benzene rings is 1. The molecule has 25 heavy (non-hydrogen) atoms. The van der Waals surface area contributed by atoms with Crippen molar-refractivity contribution in [1.82, 2.24) is 10.2 Å². The van der Waals surface area contributed by atoms with Crippen molar-refractivity contribution >= 4 is 11.8 Å². The van der Waals surface area contributed by atoms with Crippen LogP contribution in [-0.4, -0.2) is 50.1 Å². The van der Waals surface area contributed by atoms with Crippen molar-refractivity contribution in [1.29, 1.82) is 0 Å². The molecule has 0 aromatic heterocycles. The lowest BCUT2D eigenvalue weighted by Crippen LogP contribution is -2.31. The highest BCUT2D eigenvalue weighted by Crippen LogP contribution is 2.27. The summed E-state index contributed by atoms with van der Waals surface area (Å²) in [4.78, 5) is 25.6. The van der Waals surface area contributed by atoms with Crippen molar-refractivity contribution in [2.75, 3.05) is 27.3 Å². The lowest BCUT2D eigenvalue weighted by molar-refractivity contribution is -0.131. The first-order chi connectivity index (χ1) is 12.0. The van der Waals surface area contributed by atoms with Gasteiger partial charge < -0.3 is 19.7 Å². The average molecular weight is 348 g/mol. The number of nitrogens with zero attached hydrogens (tertiary/aromatic N) is 1. The molecule has 0 bridgehead atoms. The topological polar surface area (TPSA) is 67.9 Å². The summed E-state index contributed by atoms with van der Waals surface area (Å²) in [5.74, 6) is 0.505. The van der Waals surface area contributed by atoms with Crippen molar-refractivity contribution in [3.8, 4) is 5.75 Å². The van der Waals surface area contributed by atoms with Crippen molar-refractivity contribution < 1.29 is 19.1 Å². The number of nitrogens with one attached hydrogen (secondary N) is 1. The Morgan fingerprint density at radius 3 is 2.76 bits per heavy atom. The molecular weight excluding hydrogens is 320 g/mol. The SMILES string of the molecule is CC[C@@H](NC(=O)C[C@@H]1CCCO1)c1ccccc1OCC(=O)N(C)C. The highest BCUT2D eigenvalue weighted by Gasteiger charge is 2.22. The molecule has 1 aromatic carbocycles. The van der Waals surface area contributed by atoms with Gasteiger partial charge in [-0.25, -0.2) is 0 Å². The lowest BCUT2D eigenvalue weighted by Gasteiger charge is -2.22. The standard InChI is InChI=1S/C19H28N2O4/c1-4-16(20-18(22)12-14-8-7-11-24-14)15-9-5-6-10-17(15)25-13-19(23)21(2)3/h5-6,9-10,14,16H,4,7-8,11-13H2,1-3H3,(H,20,22)/t14-,16+/m0/s1. The molecule has 1 N–H and O–H groups in total. The molecule has 2 rings (SSSR count). The Morgan fingerprint density at radius 2 is 2.12 bits per heavy atom. The van der Waals surface area contributed by atoms with Gasteiger partial charge in [0, 0.05) is 26.3 Å². The predicted molar refractivity (Wildman–Crippen MR) is 95.4 cm³/mol. The number of amides is 2. The number of carbonyl (C=O) groups excluding carboxylic acids is 2. The van der Waals surface area contributed by atoms with E-state index in [-0.39, 0.29) is 30.6 Å². The van der Waals surface area contributed by atoms with Gasteiger partial charge in [-0.05, 0) is 25.3 Å². The Labute approximate surface area is 149 Å². The monoisotopic (exact) mass is 348 g/mol. The van der Waals surface area contributed by atoms with Crippen LogP contribution < -0.4 is 10.1 Å². The molecule has 6 heteroatoms. The summed E-state index contributed by atoms with van der Waals surface area (Å²) in [6, 6.07) is 7.37. The number of likely N-dealkylation sites (N-methyl/N-ethyl adjacent to an activating group) is 1. The zero-order chi connectivity index (χ0) is 18.2. The third kappa shape index (κ3) is 5.74. The summed E-state index contributed by atoms with van der Waals surface area (Å²) in [6.45, 7) is 2.73. The number of hydrogen-bond donors (Lipinski definition) is 1. The smallest absolute Gasteiger partial charge is 0.259 e. The van der Waals surface area contributed by atoms with Gasteiger partial charge in [0.15, 0.2) is 6.61 Å². The molecule has 0 aliphatic carbocycles. The Morgan fingerprint density at radius 1 is 1.36 bits per heavy atom. The first-order valence-electron chi connectivity index (χ1n) is 8.84. The molecule has 1 aromatic rings. The van der Waals surface area contributed by atoms with Crippen LogP contribution >= 0.6 is 0 Å².